The highest BCUT2D eigenvalue weighted by Gasteiger charge is 2.17. The van der Waals surface area contributed by atoms with Crippen molar-refractivity contribution in [2.24, 2.45) is 0 Å². The van der Waals surface area contributed by atoms with E-state index in [0.29, 0.717) is 0 Å². The van der Waals surface area contributed by atoms with Crippen LogP contribution in [0.3, 0.4) is 0 Å². The molecule has 0 saturated heterocycles. The quantitative estimate of drug-likeness (QED) is 0.833. The van der Waals surface area contributed by atoms with Crippen LogP contribution >= 0.6 is 15.9 Å². The van der Waals surface area contributed by atoms with Crippen molar-refractivity contribution in [1.82, 2.24) is 5.32 Å². The van der Waals surface area contributed by atoms with E-state index in [1.165, 1.54) is 0 Å². The summed E-state index contributed by atoms with van der Waals surface area (Å²) in [6.07, 6.45) is 0. The minimum absolute atomic E-state index is 0.0266. The lowest BCUT2D eigenvalue weighted by atomic mass is 10.1. The van der Waals surface area contributed by atoms with Gasteiger partial charge < -0.3 is 5.32 Å². The summed E-state index contributed by atoms with van der Waals surface area (Å²) in [5.74, 6) is -0.0266. The molecule has 0 unspecified atom stereocenters. The number of carbonyl (C=O) groups is 1. The van der Waals surface area contributed by atoms with Crippen LogP contribution < -0.4 is 5.32 Å². The molecule has 0 radical (unpaired) electrons. The molecule has 0 aliphatic rings. The first-order chi connectivity index (χ1) is 6.81. The van der Waals surface area contributed by atoms with Crippen LogP contribution in [0.1, 0.15) is 36.7 Å². The van der Waals surface area contributed by atoms with Crippen molar-refractivity contribution in [2.75, 3.05) is 0 Å². The summed E-state index contributed by atoms with van der Waals surface area (Å²) >= 11 is 3.41. The predicted molar refractivity (Wildman–Crippen MR) is 66.1 cm³/mol. The molecule has 0 bridgehead atoms. The van der Waals surface area contributed by atoms with Gasteiger partial charge in [0, 0.05) is 15.6 Å². The summed E-state index contributed by atoms with van der Waals surface area (Å²) in [7, 11) is 0. The number of rotatable bonds is 1. The fourth-order valence-corrected chi connectivity index (χ4v) is 1.63. The van der Waals surface area contributed by atoms with Gasteiger partial charge in [0.05, 0.1) is 0 Å². The first kappa shape index (κ1) is 12.2. The minimum Gasteiger partial charge on any atom is -0.347 e. The number of hydrogen-bond donors (Lipinski definition) is 1. The first-order valence-electron chi connectivity index (χ1n) is 4.89. The average molecular weight is 270 g/mol. The van der Waals surface area contributed by atoms with Crippen LogP contribution in [-0.4, -0.2) is 11.4 Å². The first-order valence-corrected chi connectivity index (χ1v) is 5.68. The summed E-state index contributed by atoms with van der Waals surface area (Å²) in [6.45, 7) is 7.84. The van der Waals surface area contributed by atoms with Crippen molar-refractivity contribution in [3.05, 3.63) is 33.8 Å². The van der Waals surface area contributed by atoms with E-state index in [2.05, 4.69) is 21.2 Å². The van der Waals surface area contributed by atoms with Gasteiger partial charge in [-0.3, -0.25) is 4.79 Å². The molecule has 1 N–H and O–H groups in total. The third-order valence-electron chi connectivity index (χ3n) is 2.00. The highest BCUT2D eigenvalue weighted by Crippen LogP contribution is 2.19. The van der Waals surface area contributed by atoms with Crippen molar-refractivity contribution in [2.45, 2.75) is 33.2 Å². The highest BCUT2D eigenvalue weighted by atomic mass is 79.9. The second-order valence-corrected chi connectivity index (χ2v) is 5.47. The number of halogens is 1. The molecule has 1 aromatic carbocycles. The number of amides is 1. The second kappa shape index (κ2) is 4.35. The van der Waals surface area contributed by atoms with Crippen molar-refractivity contribution < 1.29 is 4.79 Å². The van der Waals surface area contributed by atoms with Crippen LogP contribution in [-0.2, 0) is 0 Å². The maximum absolute atomic E-state index is 11.9. The topological polar surface area (TPSA) is 29.1 Å². The Labute approximate surface area is 99.2 Å². The van der Waals surface area contributed by atoms with Gasteiger partial charge in [0.25, 0.3) is 5.91 Å². The molecule has 0 spiro atoms. The average Bonchev–Trinajstić information content (AvgIpc) is 2.06. The van der Waals surface area contributed by atoms with Crippen molar-refractivity contribution in [3.63, 3.8) is 0 Å². The third-order valence-corrected chi connectivity index (χ3v) is 2.86. The monoisotopic (exact) mass is 269 g/mol. The number of carbonyl (C=O) groups excluding carboxylic acids is 1. The molecule has 3 heteroatoms. The van der Waals surface area contributed by atoms with Gasteiger partial charge in [0.15, 0.2) is 0 Å². The fraction of sp³-hybridized carbons (Fsp3) is 0.417. The number of nitrogens with one attached hydrogen (secondary N) is 1. The Bertz CT molecular complexity index is 380. The zero-order valence-electron chi connectivity index (χ0n) is 9.52. The lowest BCUT2D eigenvalue weighted by molar-refractivity contribution is 0.0919. The molecule has 1 amide bonds. The lowest BCUT2D eigenvalue weighted by Gasteiger charge is -2.21. The van der Waals surface area contributed by atoms with Crippen LogP contribution in [0.25, 0.3) is 0 Å². The maximum atomic E-state index is 11.9. The van der Waals surface area contributed by atoms with Gasteiger partial charge in [-0.25, -0.2) is 0 Å². The molecule has 0 atom stereocenters. The lowest BCUT2D eigenvalue weighted by Crippen LogP contribution is -2.40. The van der Waals surface area contributed by atoms with Crippen LogP contribution in [0.5, 0.6) is 0 Å². The molecule has 1 rings (SSSR count). The van der Waals surface area contributed by atoms with Crippen LogP contribution in [0.4, 0.5) is 0 Å². The summed E-state index contributed by atoms with van der Waals surface area (Å²) in [6, 6.07) is 5.64. The summed E-state index contributed by atoms with van der Waals surface area (Å²) in [5.41, 5.74) is 1.49. The Morgan fingerprint density at radius 3 is 2.47 bits per heavy atom. The Morgan fingerprint density at radius 2 is 1.93 bits per heavy atom. The van der Waals surface area contributed by atoms with Crippen LogP contribution in [0.15, 0.2) is 22.7 Å². The van der Waals surface area contributed by atoms with E-state index < -0.39 is 0 Å². The van der Waals surface area contributed by atoms with E-state index in [1.54, 1.807) is 0 Å². The van der Waals surface area contributed by atoms with Crippen molar-refractivity contribution in [3.8, 4) is 0 Å². The molecule has 0 aliphatic heterocycles. The molecule has 0 heterocycles. The zero-order valence-corrected chi connectivity index (χ0v) is 11.1. The molecular formula is C12H16BrNO. The Balaban J connectivity index is 2.97. The number of hydrogen-bond acceptors (Lipinski definition) is 1. The SMILES string of the molecule is Cc1c(Br)cccc1C(=O)NC(C)(C)C. The van der Waals surface area contributed by atoms with Crippen molar-refractivity contribution in [1.29, 1.82) is 0 Å². The molecule has 0 fully saturated rings. The van der Waals surface area contributed by atoms with E-state index in [0.717, 1.165) is 15.6 Å². The molecule has 2 nitrogen and oxygen atoms in total. The van der Waals surface area contributed by atoms with Crippen LogP contribution in [0.2, 0.25) is 0 Å². The van der Waals surface area contributed by atoms with Gasteiger partial charge in [-0.05, 0) is 45.4 Å². The molecule has 0 saturated carbocycles. The minimum atomic E-state index is -0.203. The Hall–Kier alpha value is -0.830. The van der Waals surface area contributed by atoms with Gasteiger partial charge in [0.1, 0.15) is 0 Å². The fourth-order valence-electron chi connectivity index (χ4n) is 1.26. The highest BCUT2D eigenvalue weighted by molar-refractivity contribution is 9.10. The Kier molecular flexibility index (Phi) is 3.55. The van der Waals surface area contributed by atoms with Gasteiger partial charge in [-0.15, -0.1) is 0 Å². The van der Waals surface area contributed by atoms with E-state index >= 15 is 0 Å². The molecule has 82 valence electrons. The number of benzene rings is 1. The van der Waals surface area contributed by atoms with E-state index in [9.17, 15) is 4.79 Å². The summed E-state index contributed by atoms with van der Waals surface area (Å²) < 4.78 is 0.962. The standard InChI is InChI=1S/C12H16BrNO/c1-8-9(6-5-7-10(8)13)11(15)14-12(2,3)4/h5-7H,1-4H3,(H,14,15). The summed E-state index contributed by atoms with van der Waals surface area (Å²) in [4.78, 5) is 11.9. The van der Waals surface area contributed by atoms with Gasteiger partial charge >= 0.3 is 0 Å². The largest absolute Gasteiger partial charge is 0.347 e. The van der Waals surface area contributed by atoms with Gasteiger partial charge in [0.2, 0.25) is 0 Å². The van der Waals surface area contributed by atoms with E-state index in [-0.39, 0.29) is 11.4 Å². The third kappa shape index (κ3) is 3.34. The molecular weight excluding hydrogens is 254 g/mol. The van der Waals surface area contributed by atoms with Gasteiger partial charge in [-0.2, -0.15) is 0 Å². The molecule has 0 aliphatic carbocycles. The van der Waals surface area contributed by atoms with E-state index in [4.69, 9.17) is 0 Å². The van der Waals surface area contributed by atoms with Crippen LogP contribution in [0, 0.1) is 6.92 Å². The molecule has 0 aromatic heterocycles. The van der Waals surface area contributed by atoms with Crippen molar-refractivity contribution >= 4 is 21.8 Å². The zero-order chi connectivity index (χ0) is 11.6. The normalized spacial score (nSPS) is 11.3. The maximum Gasteiger partial charge on any atom is 0.251 e. The predicted octanol–water partition coefficient (Wildman–Crippen LogP) is 3.29. The molecule has 15 heavy (non-hydrogen) atoms. The smallest absolute Gasteiger partial charge is 0.251 e. The van der Waals surface area contributed by atoms with E-state index in [1.807, 2.05) is 45.9 Å². The second-order valence-electron chi connectivity index (χ2n) is 4.62. The Morgan fingerprint density at radius 1 is 1.33 bits per heavy atom. The molecule has 1 aromatic rings. The summed E-state index contributed by atoms with van der Waals surface area (Å²) in [5, 5.41) is 2.94. The van der Waals surface area contributed by atoms with Gasteiger partial charge in [-0.1, -0.05) is 22.0 Å².